The molecule has 0 aliphatic heterocycles. The number of halogens is 5. The van der Waals surface area contributed by atoms with Crippen LogP contribution in [0.1, 0.15) is 24.2 Å². The lowest BCUT2D eigenvalue weighted by Gasteiger charge is -2.20. The van der Waals surface area contributed by atoms with Gasteiger partial charge in [0.05, 0.1) is 52.8 Å². The van der Waals surface area contributed by atoms with E-state index in [9.17, 15) is 22.4 Å². The first-order valence-electron chi connectivity index (χ1n) is 10.7. The van der Waals surface area contributed by atoms with E-state index in [-0.39, 0.29) is 11.3 Å². The SMILES string of the molecule is CC(C)(F)C(F)CNC(=O)c1cnc(-c2cnc3cc(Cl)cnn23)cc1Nc1cnn(CC(F)F)c1. The lowest BCUT2D eigenvalue weighted by atomic mass is 10.1. The van der Waals surface area contributed by atoms with Crippen LogP contribution >= 0.6 is 11.6 Å². The first-order chi connectivity index (χ1) is 17.0. The summed E-state index contributed by atoms with van der Waals surface area (Å²) in [6, 6.07) is 3.13. The molecule has 0 saturated carbocycles. The summed E-state index contributed by atoms with van der Waals surface area (Å²) >= 11 is 5.97. The predicted molar refractivity (Wildman–Crippen MR) is 125 cm³/mol. The molecule has 0 aromatic carbocycles. The zero-order chi connectivity index (χ0) is 26.0. The molecule has 1 unspecified atom stereocenters. The van der Waals surface area contributed by atoms with Crippen LogP contribution in [0, 0.1) is 0 Å². The summed E-state index contributed by atoms with van der Waals surface area (Å²) in [5.41, 5.74) is -0.293. The Hall–Kier alpha value is -3.74. The van der Waals surface area contributed by atoms with Crippen molar-refractivity contribution in [2.24, 2.45) is 0 Å². The highest BCUT2D eigenvalue weighted by molar-refractivity contribution is 6.30. The molecule has 14 heteroatoms. The number of hydrogen-bond donors (Lipinski definition) is 2. The third-order valence-electron chi connectivity index (χ3n) is 5.16. The Bertz CT molecular complexity index is 1380. The standard InChI is InChI=1S/C22H21ClF4N8O/c1-22(2,27)18(24)9-30-21(36)14-7-28-16(17-8-29-20-3-12(23)5-32-35(17)20)4-15(14)33-13-6-31-34(10-13)11-19(25)26/h3-8,10,18-19H,9,11H2,1-2H3,(H,28,33)(H,30,36). The van der Waals surface area contributed by atoms with E-state index in [1.807, 2.05) is 0 Å². The fraction of sp³-hybridized carbons (Fsp3) is 0.318. The molecular weight excluding hydrogens is 504 g/mol. The van der Waals surface area contributed by atoms with Gasteiger partial charge in [-0.25, -0.2) is 27.1 Å². The number of anilines is 2. The van der Waals surface area contributed by atoms with Crippen LogP contribution in [0.15, 0.2) is 43.1 Å². The van der Waals surface area contributed by atoms with E-state index in [4.69, 9.17) is 11.6 Å². The van der Waals surface area contributed by atoms with Gasteiger partial charge >= 0.3 is 0 Å². The molecule has 0 radical (unpaired) electrons. The van der Waals surface area contributed by atoms with Gasteiger partial charge in [-0.05, 0) is 19.9 Å². The molecule has 2 N–H and O–H groups in total. The molecule has 36 heavy (non-hydrogen) atoms. The number of aromatic nitrogens is 6. The summed E-state index contributed by atoms with van der Waals surface area (Å²) in [6.07, 6.45) is 2.31. The van der Waals surface area contributed by atoms with E-state index in [0.717, 1.165) is 18.5 Å². The smallest absolute Gasteiger partial charge is 0.257 e. The highest BCUT2D eigenvalue weighted by Crippen LogP contribution is 2.27. The van der Waals surface area contributed by atoms with Crippen LogP contribution in [0.4, 0.5) is 28.9 Å². The third kappa shape index (κ3) is 5.73. The van der Waals surface area contributed by atoms with Crippen LogP contribution in [-0.4, -0.2) is 60.1 Å². The van der Waals surface area contributed by atoms with Crippen LogP contribution in [-0.2, 0) is 6.54 Å². The highest BCUT2D eigenvalue weighted by Gasteiger charge is 2.29. The van der Waals surface area contributed by atoms with Crippen LogP contribution in [0.3, 0.4) is 0 Å². The van der Waals surface area contributed by atoms with E-state index in [1.54, 1.807) is 6.07 Å². The van der Waals surface area contributed by atoms with Crippen molar-refractivity contribution in [3.8, 4) is 11.4 Å². The molecule has 1 amide bonds. The Morgan fingerprint density at radius 3 is 2.61 bits per heavy atom. The molecule has 190 valence electrons. The van der Waals surface area contributed by atoms with Crippen molar-refractivity contribution in [2.75, 3.05) is 11.9 Å². The Morgan fingerprint density at radius 1 is 1.11 bits per heavy atom. The Balaban J connectivity index is 1.68. The van der Waals surface area contributed by atoms with Gasteiger partial charge in [0.25, 0.3) is 12.3 Å². The summed E-state index contributed by atoms with van der Waals surface area (Å²) in [4.78, 5) is 21.4. The van der Waals surface area contributed by atoms with Crippen LogP contribution in [0.5, 0.6) is 0 Å². The summed E-state index contributed by atoms with van der Waals surface area (Å²) in [6.45, 7) is 0.972. The molecule has 1 atom stereocenters. The summed E-state index contributed by atoms with van der Waals surface area (Å²) in [7, 11) is 0. The van der Waals surface area contributed by atoms with Crippen LogP contribution in [0.2, 0.25) is 5.02 Å². The van der Waals surface area contributed by atoms with Gasteiger partial charge in [-0.3, -0.25) is 14.5 Å². The molecule has 0 saturated heterocycles. The maximum atomic E-state index is 14.0. The number of alkyl halides is 4. The molecule has 0 aliphatic carbocycles. The van der Waals surface area contributed by atoms with Gasteiger partial charge in [-0.1, -0.05) is 11.6 Å². The van der Waals surface area contributed by atoms with Crippen molar-refractivity contribution < 1.29 is 22.4 Å². The van der Waals surface area contributed by atoms with E-state index in [0.29, 0.717) is 27.7 Å². The van der Waals surface area contributed by atoms with Crippen molar-refractivity contribution in [1.29, 1.82) is 0 Å². The fourth-order valence-corrected chi connectivity index (χ4v) is 3.39. The largest absolute Gasteiger partial charge is 0.352 e. The molecule has 4 aromatic rings. The van der Waals surface area contributed by atoms with E-state index < -0.39 is 37.3 Å². The second-order valence-electron chi connectivity index (χ2n) is 8.41. The van der Waals surface area contributed by atoms with Gasteiger partial charge in [-0.15, -0.1) is 0 Å². The number of nitrogens with zero attached hydrogens (tertiary/aromatic N) is 6. The number of fused-ring (bicyclic) bond motifs is 1. The third-order valence-corrected chi connectivity index (χ3v) is 5.37. The van der Waals surface area contributed by atoms with Gasteiger partial charge in [-0.2, -0.15) is 10.2 Å². The van der Waals surface area contributed by atoms with Crippen molar-refractivity contribution >= 4 is 34.5 Å². The number of rotatable bonds is 9. The monoisotopic (exact) mass is 524 g/mol. The molecule has 0 aliphatic rings. The molecule has 0 bridgehead atoms. The van der Waals surface area contributed by atoms with E-state index in [2.05, 4.69) is 30.8 Å². The molecule has 4 heterocycles. The topological polar surface area (TPSA) is 102 Å². The first kappa shape index (κ1) is 25.4. The summed E-state index contributed by atoms with van der Waals surface area (Å²) in [5.74, 6) is -0.716. The Kier molecular flexibility index (Phi) is 7.11. The molecule has 4 rings (SSSR count). The number of hydrogen-bond acceptors (Lipinski definition) is 6. The lowest BCUT2D eigenvalue weighted by Crippen LogP contribution is -2.39. The van der Waals surface area contributed by atoms with Crippen molar-refractivity contribution in [2.45, 2.75) is 38.7 Å². The molecule has 4 aromatic heterocycles. The van der Waals surface area contributed by atoms with E-state index in [1.165, 1.54) is 41.6 Å². The molecular formula is C22H21ClF4N8O. The number of amides is 1. The number of pyridine rings is 1. The number of carbonyl (C=O) groups excluding carboxylic acids is 1. The quantitative estimate of drug-likeness (QED) is 0.313. The molecule has 0 fully saturated rings. The van der Waals surface area contributed by atoms with Gasteiger partial charge in [0.2, 0.25) is 0 Å². The second kappa shape index (κ2) is 10.1. The van der Waals surface area contributed by atoms with Crippen molar-refractivity contribution in [1.82, 2.24) is 34.7 Å². The minimum absolute atomic E-state index is 0.00838. The maximum absolute atomic E-state index is 14.0. The average Bonchev–Trinajstić information content (AvgIpc) is 3.42. The Labute approximate surface area is 207 Å². The molecule has 9 nitrogen and oxygen atoms in total. The fourth-order valence-electron chi connectivity index (χ4n) is 3.25. The first-order valence-corrected chi connectivity index (χ1v) is 11.1. The summed E-state index contributed by atoms with van der Waals surface area (Å²) < 4.78 is 55.8. The average molecular weight is 525 g/mol. The van der Waals surface area contributed by atoms with Gasteiger partial charge in [0, 0.05) is 18.5 Å². The maximum Gasteiger partial charge on any atom is 0.257 e. The Morgan fingerprint density at radius 2 is 1.89 bits per heavy atom. The minimum Gasteiger partial charge on any atom is -0.352 e. The van der Waals surface area contributed by atoms with Crippen molar-refractivity contribution in [3.05, 3.63) is 53.7 Å². The lowest BCUT2D eigenvalue weighted by molar-refractivity contribution is 0.0759. The van der Waals surface area contributed by atoms with Crippen LogP contribution in [0.25, 0.3) is 17.0 Å². The zero-order valence-corrected chi connectivity index (χ0v) is 19.8. The summed E-state index contributed by atoms with van der Waals surface area (Å²) in [5, 5.41) is 13.8. The van der Waals surface area contributed by atoms with Gasteiger partial charge < -0.3 is 10.6 Å². The number of carbonyl (C=O) groups is 1. The van der Waals surface area contributed by atoms with Crippen molar-refractivity contribution in [3.63, 3.8) is 0 Å². The number of imidazole rings is 1. The van der Waals surface area contributed by atoms with Gasteiger partial charge in [0.1, 0.15) is 17.9 Å². The normalized spacial score (nSPS) is 12.8. The van der Waals surface area contributed by atoms with Crippen LogP contribution < -0.4 is 10.6 Å². The minimum atomic E-state index is -2.60. The van der Waals surface area contributed by atoms with Gasteiger partial charge in [0.15, 0.2) is 11.8 Å². The molecule has 0 spiro atoms. The number of nitrogens with one attached hydrogen (secondary N) is 2. The predicted octanol–water partition coefficient (Wildman–Crippen LogP) is 4.47. The zero-order valence-electron chi connectivity index (χ0n) is 19.1. The van der Waals surface area contributed by atoms with E-state index >= 15 is 0 Å². The highest BCUT2D eigenvalue weighted by atomic mass is 35.5. The second-order valence-corrected chi connectivity index (χ2v) is 8.85.